The Morgan fingerprint density at radius 2 is 2.25 bits per heavy atom. The van der Waals surface area contributed by atoms with Crippen LogP contribution < -0.4 is 10.6 Å². The van der Waals surface area contributed by atoms with Crippen LogP contribution >= 0.6 is 15.9 Å². The van der Waals surface area contributed by atoms with Gasteiger partial charge in [0.05, 0.1) is 12.8 Å². The molecule has 0 radical (unpaired) electrons. The first-order valence-electron chi connectivity index (χ1n) is 5.01. The lowest BCUT2D eigenvalue weighted by atomic mass is 10.2. The molecular weight excluding hydrogens is 272 g/mol. The molecule has 1 aromatic rings. The molecule has 4 nitrogen and oxygen atoms in total. The van der Waals surface area contributed by atoms with Gasteiger partial charge in [0.2, 0.25) is 0 Å². The van der Waals surface area contributed by atoms with Crippen molar-refractivity contribution in [2.24, 2.45) is 10.9 Å². The summed E-state index contributed by atoms with van der Waals surface area (Å²) in [6.45, 7) is 3.74. The molecule has 16 heavy (non-hydrogen) atoms. The number of nitrogens with zero attached hydrogens (tertiary/aromatic N) is 1. The van der Waals surface area contributed by atoms with Crippen molar-refractivity contribution < 1.29 is 9.47 Å². The topological polar surface area (TPSA) is 56.8 Å². The first-order valence-corrected chi connectivity index (χ1v) is 5.80. The monoisotopic (exact) mass is 286 g/mol. The Morgan fingerprint density at radius 1 is 1.44 bits per heavy atom. The Bertz CT molecular complexity index is 356. The summed E-state index contributed by atoms with van der Waals surface area (Å²) in [6.07, 6.45) is 1.56. The predicted octanol–water partition coefficient (Wildman–Crippen LogP) is 2.16. The molecular formula is C11H15BrN2O2. The van der Waals surface area contributed by atoms with Gasteiger partial charge in [-0.15, -0.1) is 0 Å². The fraction of sp³-hybridized carbons (Fsp3) is 0.364. The van der Waals surface area contributed by atoms with E-state index in [0.717, 1.165) is 15.8 Å². The fourth-order valence-electron chi connectivity index (χ4n) is 1.19. The smallest absolute Gasteiger partial charge is 0.128 e. The highest BCUT2D eigenvalue weighted by molar-refractivity contribution is 9.10. The van der Waals surface area contributed by atoms with Crippen molar-refractivity contribution in [3.63, 3.8) is 0 Å². The summed E-state index contributed by atoms with van der Waals surface area (Å²) in [5, 5.41) is 3.50. The van der Waals surface area contributed by atoms with E-state index in [4.69, 9.17) is 15.3 Å². The van der Waals surface area contributed by atoms with Crippen LogP contribution in [0.2, 0.25) is 0 Å². The molecule has 0 fully saturated rings. The highest BCUT2D eigenvalue weighted by Gasteiger charge is 2.02. The maximum Gasteiger partial charge on any atom is 0.128 e. The summed E-state index contributed by atoms with van der Waals surface area (Å²) in [4.78, 5) is 0. The fourth-order valence-corrected chi connectivity index (χ4v) is 1.57. The number of ether oxygens (including phenoxy) is 2. The summed E-state index contributed by atoms with van der Waals surface area (Å²) >= 11 is 3.38. The van der Waals surface area contributed by atoms with Gasteiger partial charge >= 0.3 is 0 Å². The minimum Gasteiger partial charge on any atom is -0.491 e. The minimum absolute atomic E-state index is 0.515. The standard InChI is InChI=1S/C11H15BrN2O2/c1-2-15-5-6-16-11-4-3-10(12)7-9(11)8-14-13/h3-4,7-8H,2,5-6,13H2,1H3. The number of hydrazone groups is 1. The van der Waals surface area contributed by atoms with Crippen LogP contribution in [0.15, 0.2) is 27.8 Å². The Hall–Kier alpha value is -1.07. The van der Waals surface area contributed by atoms with Crippen molar-refractivity contribution in [2.45, 2.75) is 6.92 Å². The van der Waals surface area contributed by atoms with Gasteiger partial charge in [0.1, 0.15) is 12.4 Å². The average Bonchev–Trinajstić information content (AvgIpc) is 2.27. The molecule has 0 saturated heterocycles. The molecule has 0 atom stereocenters. The molecule has 1 rings (SSSR count). The molecule has 88 valence electrons. The zero-order valence-electron chi connectivity index (χ0n) is 9.15. The van der Waals surface area contributed by atoms with Crippen LogP contribution in [0.4, 0.5) is 0 Å². The zero-order chi connectivity index (χ0) is 11.8. The van der Waals surface area contributed by atoms with Crippen LogP contribution in [0.1, 0.15) is 12.5 Å². The largest absolute Gasteiger partial charge is 0.491 e. The van der Waals surface area contributed by atoms with Crippen LogP contribution in [-0.4, -0.2) is 26.0 Å². The van der Waals surface area contributed by atoms with Crippen molar-refractivity contribution in [1.82, 2.24) is 0 Å². The second kappa shape index (κ2) is 7.24. The summed E-state index contributed by atoms with van der Waals surface area (Å²) in [6, 6.07) is 5.67. The quantitative estimate of drug-likeness (QED) is 0.377. The number of halogens is 1. The molecule has 0 spiro atoms. The number of rotatable bonds is 6. The Balaban J connectivity index is 2.63. The SMILES string of the molecule is CCOCCOc1ccc(Br)cc1C=NN. The molecule has 1 aromatic carbocycles. The first kappa shape index (κ1) is 13.0. The summed E-state index contributed by atoms with van der Waals surface area (Å²) < 4.78 is 11.7. The lowest BCUT2D eigenvalue weighted by Gasteiger charge is -2.09. The Labute approximate surface area is 104 Å². The third-order valence-corrected chi connectivity index (χ3v) is 2.37. The van der Waals surface area contributed by atoms with E-state index in [1.807, 2.05) is 25.1 Å². The molecule has 0 amide bonds. The summed E-state index contributed by atoms with van der Waals surface area (Å²) in [5.41, 5.74) is 0.841. The zero-order valence-corrected chi connectivity index (χ0v) is 10.7. The van der Waals surface area contributed by atoms with Gasteiger partial charge < -0.3 is 15.3 Å². The summed E-state index contributed by atoms with van der Waals surface area (Å²) in [7, 11) is 0. The Morgan fingerprint density at radius 3 is 2.94 bits per heavy atom. The van der Waals surface area contributed by atoms with Gasteiger partial charge in [-0.3, -0.25) is 0 Å². The van der Waals surface area contributed by atoms with Gasteiger partial charge in [0.15, 0.2) is 0 Å². The Kier molecular flexibility index (Phi) is 5.88. The van der Waals surface area contributed by atoms with E-state index >= 15 is 0 Å². The maximum absolute atomic E-state index is 5.55. The molecule has 0 bridgehead atoms. The van der Waals surface area contributed by atoms with Gasteiger partial charge in [-0.1, -0.05) is 15.9 Å². The lowest BCUT2D eigenvalue weighted by Crippen LogP contribution is -2.07. The molecule has 0 aliphatic rings. The molecule has 0 saturated carbocycles. The second-order valence-corrected chi connectivity index (χ2v) is 3.92. The lowest BCUT2D eigenvalue weighted by molar-refractivity contribution is 0.110. The third kappa shape index (κ3) is 4.20. The van der Waals surface area contributed by atoms with Crippen molar-refractivity contribution in [2.75, 3.05) is 19.8 Å². The number of hydrogen-bond acceptors (Lipinski definition) is 4. The second-order valence-electron chi connectivity index (χ2n) is 3.01. The van der Waals surface area contributed by atoms with Crippen LogP contribution in [0.3, 0.4) is 0 Å². The van der Waals surface area contributed by atoms with Crippen molar-refractivity contribution in [3.05, 3.63) is 28.2 Å². The molecule has 0 aliphatic carbocycles. The highest BCUT2D eigenvalue weighted by atomic mass is 79.9. The number of benzene rings is 1. The van der Waals surface area contributed by atoms with Gasteiger partial charge in [-0.2, -0.15) is 5.10 Å². The molecule has 0 unspecified atom stereocenters. The van der Waals surface area contributed by atoms with E-state index in [2.05, 4.69) is 21.0 Å². The van der Waals surface area contributed by atoms with Crippen LogP contribution in [-0.2, 0) is 4.74 Å². The third-order valence-electron chi connectivity index (χ3n) is 1.87. The summed E-state index contributed by atoms with van der Waals surface area (Å²) in [5.74, 6) is 5.88. The van der Waals surface area contributed by atoms with E-state index in [0.29, 0.717) is 19.8 Å². The van der Waals surface area contributed by atoms with Gasteiger partial charge in [0.25, 0.3) is 0 Å². The molecule has 0 aromatic heterocycles. The highest BCUT2D eigenvalue weighted by Crippen LogP contribution is 2.21. The van der Waals surface area contributed by atoms with Crippen molar-refractivity contribution in [1.29, 1.82) is 0 Å². The number of hydrogen-bond donors (Lipinski definition) is 1. The average molecular weight is 287 g/mol. The molecule has 5 heteroatoms. The maximum atomic E-state index is 5.55. The number of nitrogens with two attached hydrogens (primary N) is 1. The molecule has 0 heterocycles. The molecule has 0 aliphatic heterocycles. The predicted molar refractivity (Wildman–Crippen MR) is 67.9 cm³/mol. The van der Waals surface area contributed by atoms with Gasteiger partial charge in [-0.05, 0) is 25.1 Å². The van der Waals surface area contributed by atoms with Crippen LogP contribution in [0, 0.1) is 0 Å². The van der Waals surface area contributed by atoms with Crippen LogP contribution in [0.25, 0.3) is 0 Å². The van der Waals surface area contributed by atoms with Crippen LogP contribution in [0.5, 0.6) is 5.75 Å². The van der Waals surface area contributed by atoms with E-state index in [1.165, 1.54) is 0 Å². The van der Waals surface area contributed by atoms with E-state index in [9.17, 15) is 0 Å². The van der Waals surface area contributed by atoms with Gasteiger partial charge in [0, 0.05) is 16.6 Å². The molecule has 2 N–H and O–H groups in total. The van der Waals surface area contributed by atoms with Crippen molar-refractivity contribution in [3.8, 4) is 5.75 Å². The van der Waals surface area contributed by atoms with E-state index in [-0.39, 0.29) is 0 Å². The minimum atomic E-state index is 0.515. The normalized spacial score (nSPS) is 10.9. The van der Waals surface area contributed by atoms with E-state index < -0.39 is 0 Å². The first-order chi connectivity index (χ1) is 7.77. The van der Waals surface area contributed by atoms with Gasteiger partial charge in [-0.25, -0.2) is 0 Å². The van der Waals surface area contributed by atoms with Crippen molar-refractivity contribution >= 4 is 22.1 Å². The van der Waals surface area contributed by atoms with E-state index in [1.54, 1.807) is 6.21 Å².